The van der Waals surface area contributed by atoms with Crippen molar-refractivity contribution >= 4 is 15.8 Å². The molecule has 0 unspecified atom stereocenters. The van der Waals surface area contributed by atoms with Gasteiger partial charge < -0.3 is 10.8 Å². The molecule has 0 spiro atoms. The number of aromatic hydroxyl groups is 1. The van der Waals surface area contributed by atoms with Crippen molar-refractivity contribution in [3.8, 4) is 5.88 Å². The SMILES string of the molecule is CCn1c(O)c(CS(=O)(=O)O)c(C)c(N)c1=O. The van der Waals surface area contributed by atoms with Gasteiger partial charge in [0.1, 0.15) is 11.4 Å². The maximum absolute atomic E-state index is 11.6. The van der Waals surface area contributed by atoms with E-state index in [1.807, 2.05) is 0 Å². The maximum atomic E-state index is 11.6. The molecule has 0 aliphatic heterocycles. The van der Waals surface area contributed by atoms with Crippen molar-refractivity contribution in [3.63, 3.8) is 0 Å². The fourth-order valence-corrected chi connectivity index (χ4v) is 2.25. The Balaban J connectivity index is 3.62. The van der Waals surface area contributed by atoms with Crippen LogP contribution in [0.3, 0.4) is 0 Å². The van der Waals surface area contributed by atoms with Crippen LogP contribution in [0.4, 0.5) is 5.69 Å². The standard InChI is InChI=1S/C9H14N2O5S/c1-3-11-8(12)6(4-17(14,15)16)5(2)7(10)9(11)13/h12H,3-4,10H2,1-2H3,(H,14,15,16). The summed E-state index contributed by atoms with van der Waals surface area (Å²) in [5.74, 6) is -1.27. The normalized spacial score (nSPS) is 11.7. The zero-order valence-corrected chi connectivity index (χ0v) is 10.3. The molecule has 0 fully saturated rings. The highest BCUT2D eigenvalue weighted by Gasteiger charge is 2.20. The van der Waals surface area contributed by atoms with Gasteiger partial charge in [-0.2, -0.15) is 8.42 Å². The molecule has 0 aromatic carbocycles. The number of anilines is 1. The minimum atomic E-state index is -4.31. The van der Waals surface area contributed by atoms with E-state index in [9.17, 15) is 18.3 Å². The van der Waals surface area contributed by atoms with Crippen molar-refractivity contribution in [3.05, 3.63) is 21.5 Å². The molecule has 0 aliphatic rings. The molecule has 0 saturated heterocycles. The number of aromatic nitrogens is 1. The van der Waals surface area contributed by atoms with Gasteiger partial charge in [0.15, 0.2) is 5.88 Å². The minimum Gasteiger partial charge on any atom is -0.494 e. The van der Waals surface area contributed by atoms with Gasteiger partial charge >= 0.3 is 0 Å². The average Bonchev–Trinajstić information content (AvgIpc) is 2.21. The fourth-order valence-electron chi connectivity index (χ4n) is 1.54. The fraction of sp³-hybridized carbons (Fsp3) is 0.444. The van der Waals surface area contributed by atoms with Crippen LogP contribution in [-0.4, -0.2) is 22.6 Å². The summed E-state index contributed by atoms with van der Waals surface area (Å²) in [7, 11) is -4.31. The highest BCUT2D eigenvalue weighted by atomic mass is 32.2. The van der Waals surface area contributed by atoms with Crippen LogP contribution < -0.4 is 11.3 Å². The molecule has 0 amide bonds. The van der Waals surface area contributed by atoms with E-state index >= 15 is 0 Å². The van der Waals surface area contributed by atoms with Crippen molar-refractivity contribution in [1.82, 2.24) is 4.57 Å². The average molecular weight is 262 g/mol. The van der Waals surface area contributed by atoms with E-state index in [2.05, 4.69) is 0 Å². The summed E-state index contributed by atoms with van der Waals surface area (Å²) in [5.41, 5.74) is 4.91. The number of nitrogens with two attached hydrogens (primary N) is 1. The summed E-state index contributed by atoms with van der Waals surface area (Å²) in [6.07, 6.45) is 0. The molecule has 7 nitrogen and oxygen atoms in total. The molecule has 1 rings (SSSR count). The van der Waals surface area contributed by atoms with Gasteiger partial charge in [-0.15, -0.1) is 0 Å². The van der Waals surface area contributed by atoms with Gasteiger partial charge in [-0.3, -0.25) is 13.9 Å². The number of nitrogen functional groups attached to an aromatic ring is 1. The molecule has 8 heteroatoms. The van der Waals surface area contributed by atoms with Crippen molar-refractivity contribution in [2.75, 3.05) is 5.73 Å². The maximum Gasteiger partial charge on any atom is 0.276 e. The van der Waals surface area contributed by atoms with Gasteiger partial charge in [0.05, 0.1) is 0 Å². The Bertz CT molecular complexity index is 603. The Hall–Kier alpha value is -1.54. The van der Waals surface area contributed by atoms with E-state index < -0.39 is 27.3 Å². The van der Waals surface area contributed by atoms with Crippen molar-refractivity contribution in [2.24, 2.45) is 0 Å². The molecule has 1 heterocycles. The summed E-state index contributed by atoms with van der Waals surface area (Å²) in [5, 5.41) is 9.77. The van der Waals surface area contributed by atoms with Gasteiger partial charge in [0.25, 0.3) is 15.7 Å². The summed E-state index contributed by atoms with van der Waals surface area (Å²) >= 11 is 0. The van der Waals surface area contributed by atoms with E-state index in [-0.39, 0.29) is 23.4 Å². The molecule has 0 bridgehead atoms. The van der Waals surface area contributed by atoms with Gasteiger partial charge in [0.2, 0.25) is 0 Å². The number of pyridine rings is 1. The van der Waals surface area contributed by atoms with Gasteiger partial charge in [0, 0.05) is 12.1 Å². The highest BCUT2D eigenvalue weighted by molar-refractivity contribution is 7.85. The molecule has 0 aliphatic carbocycles. The Morgan fingerprint density at radius 2 is 1.94 bits per heavy atom. The van der Waals surface area contributed by atoms with Crippen LogP contribution in [0.1, 0.15) is 18.1 Å². The van der Waals surface area contributed by atoms with Crippen LogP contribution >= 0.6 is 0 Å². The predicted molar refractivity (Wildman–Crippen MR) is 62.4 cm³/mol. The van der Waals surface area contributed by atoms with E-state index in [1.165, 1.54) is 6.92 Å². The molecular weight excluding hydrogens is 248 g/mol. The third-order valence-electron chi connectivity index (χ3n) is 2.50. The second-order valence-corrected chi connectivity index (χ2v) is 5.07. The van der Waals surface area contributed by atoms with Crippen LogP contribution in [0.25, 0.3) is 0 Å². The number of hydrogen-bond acceptors (Lipinski definition) is 5. The summed E-state index contributed by atoms with van der Waals surface area (Å²) in [6, 6.07) is 0. The topological polar surface area (TPSA) is 123 Å². The summed E-state index contributed by atoms with van der Waals surface area (Å²) in [6.45, 7) is 3.16. The quantitative estimate of drug-likeness (QED) is 0.651. The number of nitrogens with zero attached hydrogens (tertiary/aromatic N) is 1. The monoisotopic (exact) mass is 262 g/mol. The first-order valence-electron chi connectivity index (χ1n) is 4.85. The zero-order chi connectivity index (χ0) is 13.4. The largest absolute Gasteiger partial charge is 0.494 e. The third kappa shape index (κ3) is 2.59. The Kier molecular flexibility index (Phi) is 3.48. The third-order valence-corrected chi connectivity index (χ3v) is 3.15. The zero-order valence-electron chi connectivity index (χ0n) is 9.47. The van der Waals surface area contributed by atoms with Crippen molar-refractivity contribution in [2.45, 2.75) is 26.1 Å². The molecule has 0 saturated carbocycles. The second kappa shape index (κ2) is 4.38. The first kappa shape index (κ1) is 13.5. The second-order valence-electron chi connectivity index (χ2n) is 3.62. The Labute approximate surface area is 98.2 Å². The van der Waals surface area contributed by atoms with Crippen LogP contribution in [0, 0.1) is 6.92 Å². The lowest BCUT2D eigenvalue weighted by atomic mass is 10.1. The van der Waals surface area contributed by atoms with Crippen molar-refractivity contribution in [1.29, 1.82) is 0 Å². The van der Waals surface area contributed by atoms with E-state index in [0.717, 1.165) is 4.57 Å². The molecule has 0 atom stereocenters. The molecule has 0 radical (unpaired) electrons. The Morgan fingerprint density at radius 3 is 2.35 bits per heavy atom. The summed E-state index contributed by atoms with van der Waals surface area (Å²) in [4.78, 5) is 11.6. The van der Waals surface area contributed by atoms with Crippen LogP contribution in [0.15, 0.2) is 4.79 Å². The molecule has 96 valence electrons. The summed E-state index contributed by atoms with van der Waals surface area (Å²) < 4.78 is 31.4. The molecule has 17 heavy (non-hydrogen) atoms. The number of hydrogen-bond donors (Lipinski definition) is 3. The van der Waals surface area contributed by atoms with E-state index in [0.29, 0.717) is 0 Å². The molecule has 1 aromatic rings. The van der Waals surface area contributed by atoms with Crippen LogP contribution in [0.2, 0.25) is 0 Å². The molecular formula is C9H14N2O5S. The highest BCUT2D eigenvalue weighted by Crippen LogP contribution is 2.24. The van der Waals surface area contributed by atoms with E-state index in [4.69, 9.17) is 10.3 Å². The van der Waals surface area contributed by atoms with Crippen molar-refractivity contribution < 1.29 is 18.1 Å². The molecule has 1 aromatic heterocycles. The Morgan fingerprint density at radius 1 is 1.41 bits per heavy atom. The van der Waals surface area contributed by atoms with Gasteiger partial charge in [-0.1, -0.05) is 0 Å². The van der Waals surface area contributed by atoms with Gasteiger partial charge in [-0.25, -0.2) is 0 Å². The van der Waals surface area contributed by atoms with Crippen LogP contribution in [0.5, 0.6) is 5.88 Å². The predicted octanol–water partition coefficient (Wildman–Crippen LogP) is -0.148. The van der Waals surface area contributed by atoms with Gasteiger partial charge in [-0.05, 0) is 19.4 Å². The lowest BCUT2D eigenvalue weighted by Gasteiger charge is -2.14. The first-order chi connectivity index (χ1) is 7.69. The lowest BCUT2D eigenvalue weighted by Crippen LogP contribution is -2.25. The number of rotatable bonds is 3. The molecule has 4 N–H and O–H groups in total. The smallest absolute Gasteiger partial charge is 0.276 e. The van der Waals surface area contributed by atoms with Crippen LogP contribution in [-0.2, 0) is 22.4 Å². The lowest BCUT2D eigenvalue weighted by molar-refractivity contribution is 0.404. The minimum absolute atomic E-state index is 0.0635. The first-order valence-corrected chi connectivity index (χ1v) is 6.45. The van der Waals surface area contributed by atoms with E-state index in [1.54, 1.807) is 6.92 Å².